The summed E-state index contributed by atoms with van der Waals surface area (Å²) in [6.07, 6.45) is 4.07. The van der Waals surface area contributed by atoms with Crippen molar-refractivity contribution in [3.63, 3.8) is 0 Å². The average molecular weight is 402 g/mol. The third-order valence-electron chi connectivity index (χ3n) is 4.84. The lowest BCUT2D eigenvalue weighted by Gasteiger charge is -2.17. The molecule has 0 atom stereocenters. The van der Waals surface area contributed by atoms with Crippen LogP contribution in [0, 0.1) is 25.2 Å². The van der Waals surface area contributed by atoms with Crippen LogP contribution in [0.25, 0.3) is 6.08 Å². The second-order valence-electron chi connectivity index (χ2n) is 7.01. The summed E-state index contributed by atoms with van der Waals surface area (Å²) in [4.78, 5) is 14.3. The van der Waals surface area contributed by atoms with Crippen LogP contribution >= 0.6 is 23.2 Å². The molecule has 1 amide bonds. The molecule has 1 aliphatic carbocycles. The average Bonchev–Trinajstić information content (AvgIpc) is 3.41. The molecule has 0 unspecified atom stereocenters. The molecule has 0 N–H and O–H groups in total. The van der Waals surface area contributed by atoms with Gasteiger partial charge in [0.1, 0.15) is 11.6 Å². The van der Waals surface area contributed by atoms with E-state index in [2.05, 4.69) is 17.6 Å². The molecule has 0 spiro atoms. The van der Waals surface area contributed by atoms with Gasteiger partial charge in [-0.2, -0.15) is 5.26 Å². The number of likely N-dealkylation sites (N-methyl/N-ethyl adjacent to an activating group) is 1. The van der Waals surface area contributed by atoms with Crippen molar-refractivity contribution in [2.24, 2.45) is 0 Å². The van der Waals surface area contributed by atoms with Crippen molar-refractivity contribution in [1.29, 1.82) is 5.26 Å². The van der Waals surface area contributed by atoms with E-state index in [0.29, 0.717) is 22.6 Å². The Kier molecular flexibility index (Phi) is 5.64. The Bertz CT molecular complexity index is 965. The van der Waals surface area contributed by atoms with Crippen LogP contribution in [0.5, 0.6) is 0 Å². The number of hydrogen-bond donors (Lipinski definition) is 0. The summed E-state index contributed by atoms with van der Waals surface area (Å²) in [7, 11) is 1.67. The Morgan fingerprint density at radius 1 is 1.30 bits per heavy atom. The van der Waals surface area contributed by atoms with Gasteiger partial charge in [0.25, 0.3) is 5.91 Å². The molecule has 1 heterocycles. The van der Waals surface area contributed by atoms with Crippen molar-refractivity contribution < 1.29 is 4.79 Å². The number of nitrogens with zero attached hydrogens (tertiary/aromatic N) is 3. The van der Waals surface area contributed by atoms with Crippen molar-refractivity contribution in [3.05, 3.63) is 62.4 Å². The number of halogens is 2. The fourth-order valence-corrected chi connectivity index (χ4v) is 3.65. The van der Waals surface area contributed by atoms with Crippen LogP contribution in [-0.4, -0.2) is 22.4 Å². The highest BCUT2D eigenvalue weighted by molar-refractivity contribution is 6.42. The van der Waals surface area contributed by atoms with Crippen LogP contribution in [0.4, 0.5) is 0 Å². The minimum absolute atomic E-state index is 0.119. The first-order valence-corrected chi connectivity index (χ1v) is 9.57. The molecule has 1 aliphatic rings. The smallest absolute Gasteiger partial charge is 0.264 e. The Morgan fingerprint density at radius 2 is 2.00 bits per heavy atom. The molecule has 6 heteroatoms. The second kappa shape index (κ2) is 7.80. The van der Waals surface area contributed by atoms with Gasteiger partial charge in [-0.15, -0.1) is 0 Å². The minimum Gasteiger partial charge on any atom is -0.346 e. The predicted molar refractivity (Wildman–Crippen MR) is 109 cm³/mol. The third kappa shape index (κ3) is 4.21. The molecule has 1 saturated carbocycles. The van der Waals surface area contributed by atoms with Gasteiger partial charge < -0.3 is 9.47 Å². The molecular weight excluding hydrogens is 381 g/mol. The Balaban J connectivity index is 1.81. The van der Waals surface area contributed by atoms with E-state index < -0.39 is 0 Å². The monoisotopic (exact) mass is 401 g/mol. The van der Waals surface area contributed by atoms with Crippen LogP contribution in [0.3, 0.4) is 0 Å². The number of nitriles is 1. The quantitative estimate of drug-likeness (QED) is 0.503. The van der Waals surface area contributed by atoms with Gasteiger partial charge in [0, 0.05) is 31.0 Å². The fourth-order valence-electron chi connectivity index (χ4n) is 3.33. The van der Waals surface area contributed by atoms with E-state index in [-0.39, 0.29) is 11.5 Å². The van der Waals surface area contributed by atoms with Gasteiger partial charge in [-0.05, 0) is 62.1 Å². The SMILES string of the molecule is Cc1cc(/C=C(\C#N)C(=O)N(C)Cc2ccc(Cl)c(Cl)c2)c(C)n1C1CC1. The molecule has 0 radical (unpaired) electrons. The number of hydrogen-bond acceptors (Lipinski definition) is 2. The van der Waals surface area contributed by atoms with Crippen LogP contribution in [0.1, 0.15) is 41.4 Å². The summed E-state index contributed by atoms with van der Waals surface area (Å²) >= 11 is 12.0. The van der Waals surface area contributed by atoms with E-state index in [1.54, 1.807) is 25.3 Å². The molecule has 1 fully saturated rings. The Labute approximate surface area is 169 Å². The maximum atomic E-state index is 12.8. The number of rotatable bonds is 5. The summed E-state index contributed by atoms with van der Waals surface area (Å²) in [5, 5.41) is 10.4. The molecule has 2 aromatic rings. The summed E-state index contributed by atoms with van der Waals surface area (Å²) in [6.45, 7) is 4.44. The highest BCUT2D eigenvalue weighted by Crippen LogP contribution is 2.38. The summed E-state index contributed by atoms with van der Waals surface area (Å²) < 4.78 is 2.30. The molecule has 0 aliphatic heterocycles. The number of aryl methyl sites for hydroxylation is 1. The van der Waals surface area contributed by atoms with Crippen molar-refractivity contribution in [3.8, 4) is 6.07 Å². The van der Waals surface area contributed by atoms with Gasteiger partial charge in [-0.1, -0.05) is 29.3 Å². The number of carbonyl (C=O) groups excluding carboxylic acids is 1. The van der Waals surface area contributed by atoms with Crippen molar-refractivity contribution in [1.82, 2.24) is 9.47 Å². The van der Waals surface area contributed by atoms with E-state index in [9.17, 15) is 10.1 Å². The summed E-state index contributed by atoms with van der Waals surface area (Å²) in [5.74, 6) is -0.320. The Hall–Kier alpha value is -2.22. The topological polar surface area (TPSA) is 49.0 Å². The van der Waals surface area contributed by atoms with Crippen LogP contribution in [0.15, 0.2) is 29.8 Å². The molecule has 1 aromatic heterocycles. The van der Waals surface area contributed by atoms with Gasteiger partial charge in [0.2, 0.25) is 0 Å². The lowest BCUT2D eigenvalue weighted by atomic mass is 10.1. The lowest BCUT2D eigenvalue weighted by Crippen LogP contribution is -2.27. The van der Waals surface area contributed by atoms with Gasteiger partial charge in [-0.3, -0.25) is 4.79 Å². The van der Waals surface area contributed by atoms with Gasteiger partial charge in [0.05, 0.1) is 10.0 Å². The Morgan fingerprint density at radius 3 is 2.59 bits per heavy atom. The zero-order valence-corrected chi connectivity index (χ0v) is 17.1. The lowest BCUT2D eigenvalue weighted by molar-refractivity contribution is -0.125. The van der Waals surface area contributed by atoms with E-state index in [1.807, 2.05) is 19.1 Å². The van der Waals surface area contributed by atoms with Crippen LogP contribution in [-0.2, 0) is 11.3 Å². The fraction of sp³-hybridized carbons (Fsp3) is 0.333. The van der Waals surface area contributed by atoms with Gasteiger partial charge >= 0.3 is 0 Å². The zero-order valence-electron chi connectivity index (χ0n) is 15.6. The first-order chi connectivity index (χ1) is 12.8. The van der Waals surface area contributed by atoms with Crippen LogP contribution in [0.2, 0.25) is 10.0 Å². The third-order valence-corrected chi connectivity index (χ3v) is 5.58. The van der Waals surface area contributed by atoms with Crippen LogP contribution < -0.4 is 0 Å². The largest absolute Gasteiger partial charge is 0.346 e. The zero-order chi connectivity index (χ0) is 19.7. The first kappa shape index (κ1) is 19.5. The first-order valence-electron chi connectivity index (χ1n) is 8.81. The highest BCUT2D eigenvalue weighted by atomic mass is 35.5. The number of carbonyl (C=O) groups is 1. The predicted octanol–water partition coefficient (Wildman–Crippen LogP) is 5.31. The second-order valence-corrected chi connectivity index (χ2v) is 7.82. The van der Waals surface area contributed by atoms with Crippen molar-refractivity contribution in [2.75, 3.05) is 7.05 Å². The normalized spacial score (nSPS) is 14.1. The van der Waals surface area contributed by atoms with Crippen molar-refractivity contribution >= 4 is 35.2 Å². The molecular formula is C21H21Cl2N3O. The van der Waals surface area contributed by atoms with Crippen molar-refractivity contribution in [2.45, 2.75) is 39.3 Å². The molecule has 0 saturated heterocycles. The highest BCUT2D eigenvalue weighted by Gasteiger charge is 2.27. The van der Waals surface area contributed by atoms with E-state index in [4.69, 9.17) is 23.2 Å². The summed E-state index contributed by atoms with van der Waals surface area (Å²) in [5.41, 5.74) is 4.16. The molecule has 0 bridgehead atoms. The van der Waals surface area contributed by atoms with E-state index in [1.165, 1.54) is 17.7 Å². The number of aromatic nitrogens is 1. The summed E-state index contributed by atoms with van der Waals surface area (Å²) in [6, 6.07) is 9.90. The van der Waals surface area contributed by atoms with E-state index in [0.717, 1.165) is 22.5 Å². The molecule has 27 heavy (non-hydrogen) atoms. The maximum Gasteiger partial charge on any atom is 0.264 e. The maximum absolute atomic E-state index is 12.8. The minimum atomic E-state index is -0.320. The van der Waals surface area contributed by atoms with Gasteiger partial charge in [-0.25, -0.2) is 0 Å². The molecule has 4 nitrogen and oxygen atoms in total. The molecule has 1 aromatic carbocycles. The van der Waals surface area contributed by atoms with E-state index >= 15 is 0 Å². The van der Waals surface area contributed by atoms with Gasteiger partial charge in [0.15, 0.2) is 0 Å². The molecule has 3 rings (SSSR count). The number of amides is 1. The molecule has 140 valence electrons. The standard InChI is InChI=1S/C21H21Cl2N3O/c1-13-8-16(14(2)26(13)18-5-6-18)10-17(11-24)21(27)25(3)12-15-4-7-19(22)20(23)9-15/h4,7-10,18H,5-6,12H2,1-3H3/b17-10+. The number of benzene rings is 1.